The van der Waals surface area contributed by atoms with Crippen LogP contribution < -0.4 is 0 Å². The zero-order valence-electron chi connectivity index (χ0n) is 12.5. The number of hydrogen-bond acceptors (Lipinski definition) is 2. The average molecular weight is 296 g/mol. The van der Waals surface area contributed by atoms with Gasteiger partial charge in [0.15, 0.2) is 0 Å². The van der Waals surface area contributed by atoms with Crippen LogP contribution in [-0.4, -0.2) is 15.1 Å². The first kappa shape index (κ1) is 14.5. The van der Waals surface area contributed by atoms with Gasteiger partial charge in [0.2, 0.25) is 0 Å². The van der Waals surface area contributed by atoms with Gasteiger partial charge in [0.05, 0.1) is 11.9 Å². The molecule has 112 valence electrons. The number of H-pyrrole nitrogens is 1. The molecule has 3 aromatic rings. The molecule has 0 saturated heterocycles. The molecule has 2 N–H and O–H groups in total. The molecule has 0 aliphatic rings. The van der Waals surface area contributed by atoms with Crippen molar-refractivity contribution < 1.29 is 9.50 Å². The summed E-state index contributed by atoms with van der Waals surface area (Å²) in [5, 5.41) is 10.5. The Morgan fingerprint density at radius 1 is 1.14 bits per heavy atom. The van der Waals surface area contributed by atoms with E-state index < -0.39 is 6.10 Å². The van der Waals surface area contributed by atoms with Crippen molar-refractivity contribution in [3.63, 3.8) is 0 Å². The van der Waals surface area contributed by atoms with E-state index in [2.05, 4.69) is 9.97 Å². The number of aryl methyl sites for hydroxylation is 2. The first-order valence-corrected chi connectivity index (χ1v) is 7.11. The van der Waals surface area contributed by atoms with E-state index in [4.69, 9.17) is 0 Å². The van der Waals surface area contributed by atoms with E-state index in [0.29, 0.717) is 17.1 Å². The van der Waals surface area contributed by atoms with Crippen LogP contribution in [0.3, 0.4) is 0 Å². The van der Waals surface area contributed by atoms with Crippen molar-refractivity contribution in [3.05, 3.63) is 77.0 Å². The molecule has 1 unspecified atom stereocenters. The molecule has 0 radical (unpaired) electrons. The molecule has 1 aromatic heterocycles. The van der Waals surface area contributed by atoms with E-state index in [-0.39, 0.29) is 5.82 Å². The Hall–Kier alpha value is -2.46. The molecule has 3 rings (SSSR count). The average Bonchev–Trinajstić information content (AvgIpc) is 2.99. The summed E-state index contributed by atoms with van der Waals surface area (Å²) in [6, 6.07) is 12.4. The number of aliphatic hydroxyl groups excluding tert-OH is 1. The third-order valence-corrected chi connectivity index (χ3v) is 3.75. The largest absolute Gasteiger partial charge is 0.380 e. The Morgan fingerprint density at radius 2 is 1.91 bits per heavy atom. The van der Waals surface area contributed by atoms with Crippen molar-refractivity contribution in [3.8, 4) is 11.3 Å². The Balaban J connectivity index is 1.97. The van der Waals surface area contributed by atoms with Crippen molar-refractivity contribution in [2.24, 2.45) is 0 Å². The molecule has 1 atom stereocenters. The second-order valence-corrected chi connectivity index (χ2v) is 5.42. The third-order valence-electron chi connectivity index (χ3n) is 3.75. The van der Waals surface area contributed by atoms with Gasteiger partial charge >= 0.3 is 0 Å². The van der Waals surface area contributed by atoms with Crippen LogP contribution in [0, 0.1) is 19.7 Å². The second kappa shape index (κ2) is 5.73. The van der Waals surface area contributed by atoms with Gasteiger partial charge in [-0.15, -0.1) is 0 Å². The van der Waals surface area contributed by atoms with Gasteiger partial charge in [-0.05, 0) is 37.1 Å². The molecular formula is C18H17FN2O. The molecule has 0 saturated carbocycles. The highest BCUT2D eigenvalue weighted by atomic mass is 19.1. The zero-order chi connectivity index (χ0) is 15.7. The van der Waals surface area contributed by atoms with Gasteiger partial charge in [0.25, 0.3) is 0 Å². The second-order valence-electron chi connectivity index (χ2n) is 5.42. The van der Waals surface area contributed by atoms with E-state index in [0.717, 1.165) is 16.7 Å². The first-order valence-electron chi connectivity index (χ1n) is 7.11. The Labute approximate surface area is 128 Å². The molecule has 4 heteroatoms. The van der Waals surface area contributed by atoms with Gasteiger partial charge in [-0.1, -0.05) is 35.9 Å². The van der Waals surface area contributed by atoms with Gasteiger partial charge in [-0.2, -0.15) is 0 Å². The predicted molar refractivity (Wildman–Crippen MR) is 84.0 cm³/mol. The maximum absolute atomic E-state index is 13.8. The lowest BCUT2D eigenvalue weighted by Crippen LogP contribution is -2.04. The van der Waals surface area contributed by atoms with E-state index >= 15 is 0 Å². The van der Waals surface area contributed by atoms with Gasteiger partial charge in [0.1, 0.15) is 17.7 Å². The number of aromatic nitrogens is 2. The Morgan fingerprint density at radius 3 is 2.68 bits per heavy atom. The van der Waals surface area contributed by atoms with Crippen LogP contribution in [0.15, 0.2) is 48.7 Å². The lowest BCUT2D eigenvalue weighted by Gasteiger charge is -2.12. The highest BCUT2D eigenvalue weighted by molar-refractivity contribution is 5.59. The molecule has 2 aromatic carbocycles. The molecule has 22 heavy (non-hydrogen) atoms. The van der Waals surface area contributed by atoms with Crippen LogP contribution in [0.25, 0.3) is 11.3 Å². The summed E-state index contributed by atoms with van der Waals surface area (Å²) >= 11 is 0. The van der Waals surface area contributed by atoms with Crippen LogP contribution in [0.1, 0.15) is 28.6 Å². The molecule has 3 nitrogen and oxygen atoms in total. The summed E-state index contributed by atoms with van der Waals surface area (Å²) in [4.78, 5) is 7.22. The van der Waals surface area contributed by atoms with Crippen molar-refractivity contribution >= 4 is 0 Å². The van der Waals surface area contributed by atoms with E-state index in [1.54, 1.807) is 24.4 Å². The fraction of sp³-hybridized carbons (Fsp3) is 0.167. The predicted octanol–water partition coefficient (Wildman–Crippen LogP) is 3.91. The normalized spacial score (nSPS) is 12.4. The van der Waals surface area contributed by atoms with E-state index in [9.17, 15) is 9.50 Å². The maximum Gasteiger partial charge on any atom is 0.140 e. The van der Waals surface area contributed by atoms with E-state index in [1.165, 1.54) is 6.07 Å². The standard InChI is InChI=1S/C18H17FN2O/c1-11-7-8-12(2)14(9-11)17(22)18-20-10-16(21-18)13-5-3-4-6-15(13)19/h3-10,17,22H,1-2H3,(H,20,21). The highest BCUT2D eigenvalue weighted by Crippen LogP contribution is 2.27. The summed E-state index contributed by atoms with van der Waals surface area (Å²) in [6.07, 6.45) is 0.683. The fourth-order valence-corrected chi connectivity index (χ4v) is 2.49. The summed E-state index contributed by atoms with van der Waals surface area (Å²) in [5.41, 5.74) is 3.85. The number of halogens is 1. The Bertz CT molecular complexity index is 810. The minimum absolute atomic E-state index is 0.320. The smallest absolute Gasteiger partial charge is 0.140 e. The van der Waals surface area contributed by atoms with Gasteiger partial charge in [0, 0.05) is 5.56 Å². The molecule has 0 amide bonds. The maximum atomic E-state index is 13.8. The zero-order valence-corrected chi connectivity index (χ0v) is 12.5. The molecule has 0 aliphatic heterocycles. The minimum Gasteiger partial charge on any atom is -0.380 e. The van der Waals surface area contributed by atoms with Crippen LogP contribution in [-0.2, 0) is 0 Å². The topological polar surface area (TPSA) is 48.9 Å². The summed E-state index contributed by atoms with van der Waals surface area (Å²) in [7, 11) is 0. The lowest BCUT2D eigenvalue weighted by atomic mass is 10.0. The van der Waals surface area contributed by atoms with Crippen molar-refractivity contribution in [2.75, 3.05) is 0 Å². The minimum atomic E-state index is -0.861. The van der Waals surface area contributed by atoms with Crippen LogP contribution in [0.4, 0.5) is 4.39 Å². The van der Waals surface area contributed by atoms with E-state index in [1.807, 2.05) is 32.0 Å². The van der Waals surface area contributed by atoms with Gasteiger partial charge < -0.3 is 10.1 Å². The molecule has 0 bridgehead atoms. The van der Waals surface area contributed by atoms with Gasteiger partial charge in [-0.3, -0.25) is 0 Å². The third kappa shape index (κ3) is 2.65. The number of rotatable bonds is 3. The highest BCUT2D eigenvalue weighted by Gasteiger charge is 2.17. The monoisotopic (exact) mass is 296 g/mol. The van der Waals surface area contributed by atoms with Crippen molar-refractivity contribution in [2.45, 2.75) is 20.0 Å². The first-order chi connectivity index (χ1) is 10.6. The fourth-order valence-electron chi connectivity index (χ4n) is 2.49. The number of hydrogen-bond donors (Lipinski definition) is 2. The summed E-state index contributed by atoms with van der Waals surface area (Å²) in [5.74, 6) is 0.0888. The molecule has 1 heterocycles. The number of imidazole rings is 1. The number of benzene rings is 2. The molecule has 0 spiro atoms. The summed E-state index contributed by atoms with van der Waals surface area (Å²) < 4.78 is 13.8. The molecule has 0 aliphatic carbocycles. The molecule has 0 fully saturated rings. The van der Waals surface area contributed by atoms with Crippen molar-refractivity contribution in [1.29, 1.82) is 0 Å². The van der Waals surface area contributed by atoms with Crippen LogP contribution in [0.2, 0.25) is 0 Å². The SMILES string of the molecule is Cc1ccc(C)c(C(O)c2ncc(-c3ccccc3F)[nH]2)c1. The number of aliphatic hydroxyl groups is 1. The lowest BCUT2D eigenvalue weighted by molar-refractivity contribution is 0.210. The molecular weight excluding hydrogens is 279 g/mol. The van der Waals surface area contributed by atoms with Crippen LogP contribution >= 0.6 is 0 Å². The number of nitrogens with zero attached hydrogens (tertiary/aromatic N) is 1. The van der Waals surface area contributed by atoms with Crippen molar-refractivity contribution in [1.82, 2.24) is 9.97 Å². The number of aromatic amines is 1. The summed E-state index contributed by atoms with van der Waals surface area (Å²) in [6.45, 7) is 3.92. The van der Waals surface area contributed by atoms with Gasteiger partial charge in [-0.25, -0.2) is 9.37 Å². The van der Waals surface area contributed by atoms with Crippen LogP contribution in [0.5, 0.6) is 0 Å². The quantitative estimate of drug-likeness (QED) is 0.769. The Kier molecular flexibility index (Phi) is 3.77. The number of nitrogens with one attached hydrogen (secondary N) is 1.